The molecular weight excluding hydrogens is 258 g/mol. The fraction of sp³-hybridized carbons (Fsp3) is 0.700. The van der Waals surface area contributed by atoms with E-state index in [-0.39, 0.29) is 5.91 Å². The maximum Gasteiger partial charge on any atom is 0.282 e. The van der Waals surface area contributed by atoms with E-state index in [0.29, 0.717) is 23.4 Å². The van der Waals surface area contributed by atoms with Gasteiger partial charge in [0.2, 0.25) is 5.01 Å². The van der Waals surface area contributed by atoms with Crippen molar-refractivity contribution in [3.63, 3.8) is 0 Å². The van der Waals surface area contributed by atoms with Gasteiger partial charge >= 0.3 is 0 Å². The molecule has 5 nitrogen and oxygen atoms in total. The third kappa shape index (κ3) is 5.01. The average Bonchev–Trinajstić information content (AvgIpc) is 2.77. The molecule has 17 heavy (non-hydrogen) atoms. The van der Waals surface area contributed by atoms with E-state index >= 15 is 0 Å². The summed E-state index contributed by atoms with van der Waals surface area (Å²) in [5, 5.41) is 11.5. The fourth-order valence-electron chi connectivity index (χ4n) is 0.947. The molecule has 1 N–H and O–H groups in total. The Morgan fingerprint density at radius 2 is 2.35 bits per heavy atom. The molecule has 0 aliphatic rings. The lowest BCUT2D eigenvalue weighted by Gasteiger charge is -2.02. The number of amides is 1. The highest BCUT2D eigenvalue weighted by atomic mass is 32.2. The SMILES string of the molecule is CCC(C)Sc1nnc(C(=O)NCCOC)s1. The molecule has 0 saturated carbocycles. The van der Waals surface area contributed by atoms with E-state index in [2.05, 4.69) is 29.4 Å². The van der Waals surface area contributed by atoms with Gasteiger partial charge in [-0.25, -0.2) is 0 Å². The Balaban J connectivity index is 2.46. The van der Waals surface area contributed by atoms with Crippen LogP contribution >= 0.6 is 23.1 Å². The molecule has 0 spiro atoms. The molecule has 0 bridgehead atoms. The zero-order chi connectivity index (χ0) is 12.7. The number of carbonyl (C=O) groups excluding carboxylic acids is 1. The van der Waals surface area contributed by atoms with Crippen LogP contribution < -0.4 is 5.32 Å². The summed E-state index contributed by atoms with van der Waals surface area (Å²) in [6.45, 7) is 5.24. The van der Waals surface area contributed by atoms with Crippen LogP contribution in [-0.2, 0) is 4.74 Å². The predicted molar refractivity (Wildman–Crippen MR) is 69.7 cm³/mol. The van der Waals surface area contributed by atoms with Crippen molar-refractivity contribution in [1.29, 1.82) is 0 Å². The van der Waals surface area contributed by atoms with Gasteiger partial charge in [-0.1, -0.05) is 36.9 Å². The Morgan fingerprint density at radius 1 is 1.59 bits per heavy atom. The average molecular weight is 275 g/mol. The summed E-state index contributed by atoms with van der Waals surface area (Å²) < 4.78 is 5.69. The summed E-state index contributed by atoms with van der Waals surface area (Å²) in [5.41, 5.74) is 0. The van der Waals surface area contributed by atoms with Crippen molar-refractivity contribution in [2.45, 2.75) is 29.9 Å². The first-order chi connectivity index (χ1) is 8.17. The molecular formula is C10H17N3O2S2. The minimum Gasteiger partial charge on any atom is -0.383 e. The fourth-order valence-corrected chi connectivity index (χ4v) is 2.96. The van der Waals surface area contributed by atoms with Gasteiger partial charge in [-0.05, 0) is 6.42 Å². The second-order valence-corrected chi connectivity index (χ2v) is 6.12. The lowest BCUT2D eigenvalue weighted by molar-refractivity contribution is 0.0936. The highest BCUT2D eigenvalue weighted by Crippen LogP contribution is 2.27. The van der Waals surface area contributed by atoms with Gasteiger partial charge in [0.15, 0.2) is 4.34 Å². The molecule has 0 saturated heterocycles. The van der Waals surface area contributed by atoms with Crippen LogP contribution in [0, 0.1) is 0 Å². The quantitative estimate of drug-likeness (QED) is 0.607. The first kappa shape index (κ1) is 14.4. The van der Waals surface area contributed by atoms with Crippen LogP contribution in [0.1, 0.15) is 30.1 Å². The second kappa shape index (κ2) is 7.62. The Labute approximate surface area is 109 Å². The number of rotatable bonds is 7. The van der Waals surface area contributed by atoms with Gasteiger partial charge in [0, 0.05) is 18.9 Å². The van der Waals surface area contributed by atoms with E-state index in [9.17, 15) is 4.79 Å². The molecule has 7 heteroatoms. The standard InChI is InChI=1S/C10H17N3O2S2/c1-4-7(2)16-10-13-12-9(17-10)8(14)11-5-6-15-3/h7H,4-6H2,1-3H3,(H,11,14). The number of thioether (sulfide) groups is 1. The zero-order valence-corrected chi connectivity index (χ0v) is 11.9. The first-order valence-corrected chi connectivity index (χ1v) is 7.14. The van der Waals surface area contributed by atoms with Gasteiger partial charge in [0.1, 0.15) is 0 Å². The number of nitrogens with zero attached hydrogens (tertiary/aromatic N) is 2. The third-order valence-electron chi connectivity index (χ3n) is 2.07. The van der Waals surface area contributed by atoms with Crippen molar-refractivity contribution in [2.24, 2.45) is 0 Å². The number of methoxy groups -OCH3 is 1. The Bertz CT molecular complexity index is 357. The van der Waals surface area contributed by atoms with Gasteiger partial charge in [0.25, 0.3) is 5.91 Å². The highest BCUT2D eigenvalue weighted by molar-refractivity contribution is 8.01. The smallest absolute Gasteiger partial charge is 0.282 e. The Morgan fingerprint density at radius 3 is 3.00 bits per heavy atom. The van der Waals surface area contributed by atoms with Gasteiger partial charge in [-0.15, -0.1) is 10.2 Å². The van der Waals surface area contributed by atoms with Gasteiger partial charge in [-0.2, -0.15) is 0 Å². The highest BCUT2D eigenvalue weighted by Gasteiger charge is 2.13. The number of hydrogen-bond acceptors (Lipinski definition) is 6. The summed E-state index contributed by atoms with van der Waals surface area (Å²) in [6, 6.07) is 0. The van der Waals surface area contributed by atoms with Crippen LogP contribution in [0.25, 0.3) is 0 Å². The Hall–Kier alpha value is -0.660. The lowest BCUT2D eigenvalue weighted by atomic mass is 10.4. The largest absolute Gasteiger partial charge is 0.383 e. The van der Waals surface area contributed by atoms with Crippen molar-refractivity contribution in [1.82, 2.24) is 15.5 Å². The zero-order valence-electron chi connectivity index (χ0n) is 10.2. The summed E-state index contributed by atoms with van der Waals surface area (Å²) in [5.74, 6) is -0.185. The second-order valence-electron chi connectivity index (χ2n) is 3.46. The van der Waals surface area contributed by atoms with Crippen LogP contribution in [0.15, 0.2) is 4.34 Å². The van der Waals surface area contributed by atoms with Crippen LogP contribution in [0.5, 0.6) is 0 Å². The van der Waals surface area contributed by atoms with E-state index in [1.807, 2.05) is 0 Å². The minimum absolute atomic E-state index is 0.185. The molecule has 0 aliphatic carbocycles. The number of aromatic nitrogens is 2. The van der Waals surface area contributed by atoms with E-state index in [0.717, 1.165) is 10.8 Å². The van der Waals surface area contributed by atoms with Crippen LogP contribution in [0.4, 0.5) is 0 Å². The van der Waals surface area contributed by atoms with E-state index in [1.54, 1.807) is 18.9 Å². The summed E-state index contributed by atoms with van der Waals surface area (Å²) in [4.78, 5) is 11.6. The van der Waals surface area contributed by atoms with E-state index < -0.39 is 0 Å². The number of ether oxygens (including phenoxy) is 1. The topological polar surface area (TPSA) is 64.1 Å². The van der Waals surface area contributed by atoms with Crippen molar-refractivity contribution in [3.05, 3.63) is 5.01 Å². The molecule has 96 valence electrons. The molecule has 1 atom stereocenters. The molecule has 1 aromatic heterocycles. The maximum atomic E-state index is 11.6. The van der Waals surface area contributed by atoms with Gasteiger partial charge < -0.3 is 10.1 Å². The van der Waals surface area contributed by atoms with E-state index in [1.165, 1.54) is 11.3 Å². The lowest BCUT2D eigenvalue weighted by Crippen LogP contribution is -2.26. The summed E-state index contributed by atoms with van der Waals surface area (Å²) in [7, 11) is 1.60. The Kier molecular flexibility index (Phi) is 6.46. The van der Waals surface area contributed by atoms with Crippen molar-refractivity contribution >= 4 is 29.0 Å². The van der Waals surface area contributed by atoms with Gasteiger partial charge in [0.05, 0.1) is 6.61 Å². The molecule has 0 radical (unpaired) electrons. The van der Waals surface area contributed by atoms with Gasteiger partial charge in [-0.3, -0.25) is 4.79 Å². The predicted octanol–water partition coefficient (Wildman–Crippen LogP) is 1.80. The number of nitrogens with one attached hydrogen (secondary N) is 1. The molecule has 1 unspecified atom stereocenters. The molecule has 0 fully saturated rings. The molecule has 0 aliphatic heterocycles. The minimum atomic E-state index is -0.185. The third-order valence-corrected chi connectivity index (χ3v) is 4.34. The number of hydrogen-bond donors (Lipinski definition) is 1. The normalized spacial score (nSPS) is 12.4. The first-order valence-electron chi connectivity index (χ1n) is 5.44. The monoisotopic (exact) mass is 275 g/mol. The molecule has 0 aromatic carbocycles. The number of carbonyl (C=O) groups is 1. The van der Waals surface area contributed by atoms with E-state index in [4.69, 9.17) is 4.74 Å². The van der Waals surface area contributed by atoms with Crippen LogP contribution in [-0.4, -0.2) is 41.6 Å². The summed E-state index contributed by atoms with van der Waals surface area (Å²) in [6.07, 6.45) is 1.07. The maximum absolute atomic E-state index is 11.6. The van der Waals surface area contributed by atoms with Crippen molar-refractivity contribution < 1.29 is 9.53 Å². The molecule has 1 rings (SSSR count). The van der Waals surface area contributed by atoms with Crippen molar-refractivity contribution in [2.75, 3.05) is 20.3 Å². The van der Waals surface area contributed by atoms with Crippen molar-refractivity contribution in [3.8, 4) is 0 Å². The summed E-state index contributed by atoms with van der Waals surface area (Å²) >= 11 is 2.98. The molecule has 1 aromatic rings. The van der Waals surface area contributed by atoms with Crippen LogP contribution in [0.2, 0.25) is 0 Å². The molecule has 1 amide bonds. The molecule has 1 heterocycles. The van der Waals surface area contributed by atoms with Crippen LogP contribution in [0.3, 0.4) is 0 Å².